The highest BCUT2D eigenvalue weighted by molar-refractivity contribution is 5.91. The van der Waals surface area contributed by atoms with Crippen molar-refractivity contribution in [2.24, 2.45) is 0 Å². The van der Waals surface area contributed by atoms with Crippen LogP contribution in [0.5, 0.6) is 0 Å². The first kappa shape index (κ1) is 20.3. The van der Waals surface area contributed by atoms with E-state index >= 15 is 0 Å². The van der Waals surface area contributed by atoms with Crippen LogP contribution in [0.1, 0.15) is 23.9 Å². The number of nitrogens with one attached hydrogen (secondary N) is 2. The molecule has 29 heavy (non-hydrogen) atoms. The van der Waals surface area contributed by atoms with Crippen molar-refractivity contribution in [2.45, 2.75) is 26.3 Å². The fourth-order valence-electron chi connectivity index (χ4n) is 3.21. The molecule has 0 unspecified atom stereocenters. The highest BCUT2D eigenvalue weighted by Crippen LogP contribution is 2.19. The largest absolute Gasteiger partial charge is 0.355 e. The van der Waals surface area contributed by atoms with Gasteiger partial charge in [0, 0.05) is 25.6 Å². The summed E-state index contributed by atoms with van der Waals surface area (Å²) in [7, 11) is 0. The summed E-state index contributed by atoms with van der Waals surface area (Å²) in [4.78, 5) is 28.0. The van der Waals surface area contributed by atoms with Crippen molar-refractivity contribution in [3.05, 3.63) is 71.6 Å². The second kappa shape index (κ2) is 9.66. The fraction of sp³-hybridized carbons (Fsp3) is 0.227. The molecule has 0 bridgehead atoms. The maximum atomic E-state index is 12.1. The van der Waals surface area contributed by atoms with Gasteiger partial charge in [-0.2, -0.15) is 0 Å². The minimum absolute atomic E-state index is 0.00931. The summed E-state index contributed by atoms with van der Waals surface area (Å²) in [6.07, 6.45) is 3.85. The van der Waals surface area contributed by atoms with Gasteiger partial charge in [0.1, 0.15) is 5.82 Å². The fourth-order valence-corrected chi connectivity index (χ4v) is 3.21. The number of nitrogens with zero attached hydrogens (tertiary/aromatic N) is 2. The summed E-state index contributed by atoms with van der Waals surface area (Å²) < 4.78 is 2.12. The van der Waals surface area contributed by atoms with E-state index in [1.807, 2.05) is 48.5 Å². The van der Waals surface area contributed by atoms with Gasteiger partial charge < -0.3 is 9.88 Å². The van der Waals surface area contributed by atoms with Gasteiger partial charge in [0.15, 0.2) is 0 Å². The molecule has 0 aliphatic carbocycles. The third-order valence-corrected chi connectivity index (χ3v) is 4.58. The van der Waals surface area contributed by atoms with E-state index in [9.17, 15) is 9.59 Å². The molecular weight excluding hydrogens is 368 g/mol. The number of imidazole rings is 1. The third-order valence-electron chi connectivity index (χ3n) is 4.58. The van der Waals surface area contributed by atoms with Crippen molar-refractivity contribution in [1.29, 1.82) is 0 Å². The lowest BCUT2D eigenvalue weighted by Gasteiger charge is -2.08. The van der Waals surface area contributed by atoms with E-state index in [4.69, 9.17) is 10.2 Å². The molecule has 3 rings (SSSR count). The number of hydrogen-bond acceptors (Lipinski definition) is 4. The molecule has 0 saturated carbocycles. The number of benzene rings is 2. The first-order valence-corrected chi connectivity index (χ1v) is 9.52. The number of amides is 2. The van der Waals surface area contributed by atoms with Gasteiger partial charge in [-0.15, -0.1) is 0 Å². The number of hydrogen-bond donors (Lipinski definition) is 3. The highest BCUT2D eigenvalue weighted by Gasteiger charge is 2.10. The monoisotopic (exact) mass is 392 g/mol. The van der Waals surface area contributed by atoms with E-state index in [0.29, 0.717) is 19.4 Å². The summed E-state index contributed by atoms with van der Waals surface area (Å²) in [5.74, 6) is 0.304. The maximum absolute atomic E-state index is 12.1. The van der Waals surface area contributed by atoms with Crippen LogP contribution in [0.2, 0.25) is 0 Å². The van der Waals surface area contributed by atoms with Crippen LogP contribution >= 0.6 is 0 Å². The van der Waals surface area contributed by atoms with Crippen molar-refractivity contribution in [2.75, 3.05) is 6.54 Å². The Balaban J connectivity index is 1.66. The molecule has 7 nitrogen and oxygen atoms in total. The number of aromatic nitrogens is 2. The first-order valence-electron chi connectivity index (χ1n) is 9.52. The number of hydroxylamine groups is 1. The maximum Gasteiger partial charge on any atom is 0.267 e. The smallest absolute Gasteiger partial charge is 0.267 e. The normalized spacial score (nSPS) is 11.1. The molecule has 150 valence electrons. The van der Waals surface area contributed by atoms with Crippen molar-refractivity contribution in [3.8, 4) is 0 Å². The van der Waals surface area contributed by atoms with Gasteiger partial charge >= 0.3 is 0 Å². The van der Waals surface area contributed by atoms with Crippen LogP contribution in [-0.4, -0.2) is 33.1 Å². The Morgan fingerprint density at radius 1 is 1.17 bits per heavy atom. The number of carbonyl (C=O) groups excluding carboxylic acids is 2. The molecule has 1 heterocycles. The molecule has 0 radical (unpaired) electrons. The summed E-state index contributed by atoms with van der Waals surface area (Å²) in [5, 5.41) is 11.5. The molecule has 7 heteroatoms. The minimum atomic E-state index is -0.587. The molecule has 0 aliphatic heterocycles. The van der Waals surface area contributed by atoms with Crippen LogP contribution in [0.15, 0.2) is 54.6 Å². The Kier molecular flexibility index (Phi) is 6.76. The van der Waals surface area contributed by atoms with E-state index in [2.05, 4.69) is 16.8 Å². The van der Waals surface area contributed by atoms with Gasteiger partial charge in [-0.1, -0.05) is 36.4 Å². The van der Waals surface area contributed by atoms with Gasteiger partial charge in [-0.05, 0) is 36.3 Å². The van der Waals surface area contributed by atoms with Crippen molar-refractivity contribution in [1.82, 2.24) is 20.3 Å². The molecule has 2 aromatic carbocycles. The molecule has 3 N–H and O–H groups in total. The summed E-state index contributed by atoms with van der Waals surface area (Å²) in [5.41, 5.74) is 5.18. The van der Waals surface area contributed by atoms with E-state index in [1.54, 1.807) is 11.6 Å². The summed E-state index contributed by atoms with van der Waals surface area (Å²) >= 11 is 0. The SMILES string of the molecule is CCn1c(CCNC(=O)Cc2ccccc2)nc2cc(/C=C/C(=O)NO)ccc21. The van der Waals surface area contributed by atoms with E-state index in [1.165, 1.54) is 6.08 Å². The molecule has 0 atom stereocenters. The van der Waals surface area contributed by atoms with Crippen molar-refractivity contribution < 1.29 is 14.8 Å². The van der Waals surface area contributed by atoms with Crippen LogP contribution in [-0.2, 0) is 29.0 Å². The Morgan fingerprint density at radius 2 is 1.97 bits per heavy atom. The van der Waals surface area contributed by atoms with Gasteiger partial charge in [-0.3, -0.25) is 14.8 Å². The van der Waals surface area contributed by atoms with E-state index in [0.717, 1.165) is 34.5 Å². The Hall–Kier alpha value is -3.45. The first-order chi connectivity index (χ1) is 14.1. The zero-order valence-corrected chi connectivity index (χ0v) is 16.3. The Labute approximate surface area is 169 Å². The van der Waals surface area contributed by atoms with E-state index in [-0.39, 0.29) is 5.91 Å². The van der Waals surface area contributed by atoms with Gasteiger partial charge in [0.2, 0.25) is 5.91 Å². The molecule has 2 amide bonds. The number of rotatable bonds is 8. The lowest BCUT2D eigenvalue weighted by molar-refractivity contribution is -0.124. The second-order valence-corrected chi connectivity index (χ2v) is 6.59. The van der Waals surface area contributed by atoms with Crippen LogP contribution < -0.4 is 10.8 Å². The molecular formula is C22H24N4O3. The number of carbonyl (C=O) groups is 2. The average molecular weight is 392 g/mol. The molecule has 0 saturated heterocycles. The number of aryl methyl sites for hydroxylation is 1. The number of fused-ring (bicyclic) bond motifs is 1. The third kappa shape index (κ3) is 5.30. The Morgan fingerprint density at radius 3 is 2.69 bits per heavy atom. The second-order valence-electron chi connectivity index (χ2n) is 6.59. The molecule has 0 spiro atoms. The van der Waals surface area contributed by atoms with E-state index < -0.39 is 5.91 Å². The lowest BCUT2D eigenvalue weighted by Crippen LogP contribution is -2.27. The quantitative estimate of drug-likeness (QED) is 0.312. The van der Waals surface area contributed by atoms with Crippen LogP contribution in [0.25, 0.3) is 17.1 Å². The van der Waals surface area contributed by atoms with Crippen LogP contribution in [0, 0.1) is 0 Å². The average Bonchev–Trinajstić information content (AvgIpc) is 3.09. The van der Waals surface area contributed by atoms with Crippen molar-refractivity contribution in [3.63, 3.8) is 0 Å². The zero-order chi connectivity index (χ0) is 20.6. The van der Waals surface area contributed by atoms with Crippen molar-refractivity contribution >= 4 is 28.9 Å². The molecule has 1 aromatic heterocycles. The zero-order valence-electron chi connectivity index (χ0n) is 16.3. The Bertz CT molecular complexity index is 1030. The molecule has 0 fully saturated rings. The van der Waals surface area contributed by atoms with Crippen LogP contribution in [0.3, 0.4) is 0 Å². The minimum Gasteiger partial charge on any atom is -0.355 e. The van der Waals surface area contributed by atoms with Crippen LogP contribution in [0.4, 0.5) is 0 Å². The van der Waals surface area contributed by atoms with Gasteiger partial charge in [-0.25, -0.2) is 10.5 Å². The standard InChI is InChI=1S/C22H24N4O3/c1-2-26-19-10-8-17(9-11-21(27)25-29)14-18(19)24-20(26)12-13-23-22(28)15-16-6-4-3-5-7-16/h3-11,14,29H,2,12-13,15H2,1H3,(H,23,28)(H,25,27)/b11-9+. The lowest BCUT2D eigenvalue weighted by atomic mass is 10.1. The predicted octanol–water partition coefficient (Wildman–Crippen LogP) is 2.48. The summed E-state index contributed by atoms with van der Waals surface area (Å²) in [6, 6.07) is 15.4. The topological polar surface area (TPSA) is 96.2 Å². The highest BCUT2D eigenvalue weighted by atomic mass is 16.5. The van der Waals surface area contributed by atoms with Gasteiger partial charge in [0.25, 0.3) is 5.91 Å². The molecule has 0 aliphatic rings. The van der Waals surface area contributed by atoms with Gasteiger partial charge in [0.05, 0.1) is 17.5 Å². The summed E-state index contributed by atoms with van der Waals surface area (Å²) in [6.45, 7) is 3.34. The molecule has 3 aromatic rings. The predicted molar refractivity (Wildman–Crippen MR) is 111 cm³/mol.